The Labute approximate surface area is 102 Å². The number of carbonyl (C=O) groups excluding carboxylic acids is 1. The molecule has 2 fully saturated rings. The van der Waals surface area contributed by atoms with Crippen molar-refractivity contribution < 1.29 is 14.3 Å². The molecular weight excluding hydrogens is 220 g/mol. The summed E-state index contributed by atoms with van der Waals surface area (Å²) in [6.07, 6.45) is 4.02. The van der Waals surface area contributed by atoms with Crippen molar-refractivity contribution in [3.05, 3.63) is 0 Å². The summed E-state index contributed by atoms with van der Waals surface area (Å²) in [6.45, 7) is 2.52. The lowest BCUT2D eigenvalue weighted by atomic mass is 9.94. The molecule has 5 nitrogen and oxygen atoms in total. The Balaban J connectivity index is 1.73. The average molecular weight is 242 g/mol. The van der Waals surface area contributed by atoms with Crippen LogP contribution < -0.4 is 11.5 Å². The molecule has 0 radical (unpaired) electrons. The summed E-state index contributed by atoms with van der Waals surface area (Å²) in [5.41, 5.74) is 10.5. The summed E-state index contributed by atoms with van der Waals surface area (Å²) < 4.78 is 10.9. The molecule has 0 bridgehead atoms. The van der Waals surface area contributed by atoms with E-state index in [-0.39, 0.29) is 12.5 Å². The Hall–Kier alpha value is -0.650. The first-order valence-corrected chi connectivity index (χ1v) is 6.37. The lowest BCUT2D eigenvalue weighted by molar-refractivity contribution is -0.126. The molecule has 1 atom stereocenters. The minimum atomic E-state index is -0.953. The van der Waals surface area contributed by atoms with Gasteiger partial charge < -0.3 is 20.9 Å². The zero-order valence-corrected chi connectivity index (χ0v) is 10.2. The summed E-state index contributed by atoms with van der Waals surface area (Å²) in [7, 11) is 0. The average Bonchev–Trinajstić information content (AvgIpc) is 3.14. The molecule has 98 valence electrons. The fourth-order valence-electron chi connectivity index (χ4n) is 2.30. The third kappa shape index (κ3) is 3.18. The number of primary amides is 1. The van der Waals surface area contributed by atoms with Gasteiger partial charge in [-0.25, -0.2) is 0 Å². The molecule has 1 amide bonds. The second-order valence-electron chi connectivity index (χ2n) is 5.25. The fourth-order valence-corrected chi connectivity index (χ4v) is 2.30. The highest BCUT2D eigenvalue weighted by molar-refractivity contribution is 5.85. The third-order valence-corrected chi connectivity index (χ3v) is 3.80. The van der Waals surface area contributed by atoms with Crippen LogP contribution in [0, 0.1) is 11.8 Å². The number of rotatable bonds is 6. The van der Waals surface area contributed by atoms with Crippen LogP contribution in [0.2, 0.25) is 0 Å². The lowest BCUT2D eigenvalue weighted by Crippen LogP contribution is -2.57. The van der Waals surface area contributed by atoms with Crippen molar-refractivity contribution in [3.63, 3.8) is 0 Å². The molecule has 2 aliphatic rings. The van der Waals surface area contributed by atoms with Crippen molar-refractivity contribution >= 4 is 5.91 Å². The maximum atomic E-state index is 11.4. The summed E-state index contributed by atoms with van der Waals surface area (Å²) in [6, 6.07) is 0. The van der Waals surface area contributed by atoms with Crippen LogP contribution in [-0.4, -0.2) is 37.9 Å². The largest absolute Gasteiger partial charge is 0.381 e. The maximum absolute atomic E-state index is 11.4. The topological polar surface area (TPSA) is 87.6 Å². The number of nitrogens with two attached hydrogens (primary N) is 2. The Kier molecular flexibility index (Phi) is 4.01. The highest BCUT2D eigenvalue weighted by atomic mass is 16.5. The first-order valence-electron chi connectivity index (χ1n) is 6.37. The molecule has 4 N–H and O–H groups in total. The summed E-state index contributed by atoms with van der Waals surface area (Å²) >= 11 is 0. The van der Waals surface area contributed by atoms with E-state index >= 15 is 0 Å². The number of carbonyl (C=O) groups is 1. The van der Waals surface area contributed by atoms with Crippen LogP contribution in [-0.2, 0) is 14.3 Å². The van der Waals surface area contributed by atoms with E-state index in [0.717, 1.165) is 38.9 Å². The standard InChI is InChI=1S/C12H22N2O3/c13-11(15)12(14,10-1-2-10)8-17-7-9-3-5-16-6-4-9/h9-10H,1-8,14H2,(H2,13,15). The van der Waals surface area contributed by atoms with Gasteiger partial charge in [-0.1, -0.05) is 0 Å². The quantitative estimate of drug-likeness (QED) is 0.687. The highest BCUT2D eigenvalue weighted by Crippen LogP contribution is 2.38. The molecule has 0 aromatic heterocycles. The van der Waals surface area contributed by atoms with E-state index in [1.165, 1.54) is 0 Å². The van der Waals surface area contributed by atoms with E-state index in [4.69, 9.17) is 20.9 Å². The molecule has 0 aromatic rings. The predicted molar refractivity (Wildman–Crippen MR) is 63.2 cm³/mol. The Bertz CT molecular complexity index is 275. The zero-order valence-electron chi connectivity index (χ0n) is 10.2. The molecule has 0 aromatic carbocycles. The third-order valence-electron chi connectivity index (χ3n) is 3.80. The Morgan fingerprint density at radius 2 is 1.94 bits per heavy atom. The van der Waals surface area contributed by atoms with Crippen LogP contribution in [0.25, 0.3) is 0 Å². The SMILES string of the molecule is NC(=O)C(N)(COCC1CCOCC1)C1CC1. The second-order valence-corrected chi connectivity index (χ2v) is 5.25. The van der Waals surface area contributed by atoms with Crippen LogP contribution in [0.5, 0.6) is 0 Å². The van der Waals surface area contributed by atoms with Crippen LogP contribution in [0.4, 0.5) is 0 Å². The normalized spacial score (nSPS) is 25.5. The van der Waals surface area contributed by atoms with Crippen molar-refractivity contribution in [1.82, 2.24) is 0 Å². The zero-order chi connectivity index (χ0) is 12.3. The van der Waals surface area contributed by atoms with Gasteiger partial charge in [-0.05, 0) is 37.5 Å². The predicted octanol–water partition coefficient (Wildman–Crippen LogP) is 0.0224. The van der Waals surface area contributed by atoms with Crippen LogP contribution >= 0.6 is 0 Å². The first-order chi connectivity index (χ1) is 8.13. The number of amides is 1. The molecule has 1 aliphatic heterocycles. The van der Waals surface area contributed by atoms with Crippen LogP contribution in [0.3, 0.4) is 0 Å². The van der Waals surface area contributed by atoms with Crippen molar-refractivity contribution in [1.29, 1.82) is 0 Å². The van der Waals surface area contributed by atoms with E-state index in [9.17, 15) is 4.79 Å². The van der Waals surface area contributed by atoms with Gasteiger partial charge in [0.05, 0.1) is 6.61 Å². The minimum absolute atomic E-state index is 0.217. The number of hydrogen-bond donors (Lipinski definition) is 2. The summed E-state index contributed by atoms with van der Waals surface area (Å²) in [4.78, 5) is 11.4. The molecule has 5 heteroatoms. The van der Waals surface area contributed by atoms with Crippen molar-refractivity contribution in [3.8, 4) is 0 Å². The van der Waals surface area contributed by atoms with E-state index in [0.29, 0.717) is 12.5 Å². The van der Waals surface area contributed by atoms with Crippen molar-refractivity contribution in [2.45, 2.75) is 31.2 Å². The van der Waals surface area contributed by atoms with Crippen molar-refractivity contribution in [2.75, 3.05) is 26.4 Å². The van der Waals surface area contributed by atoms with Gasteiger partial charge in [-0.2, -0.15) is 0 Å². The van der Waals surface area contributed by atoms with Gasteiger partial charge in [0.1, 0.15) is 5.54 Å². The first kappa shape index (κ1) is 12.8. The van der Waals surface area contributed by atoms with Crippen LogP contribution in [0.1, 0.15) is 25.7 Å². The molecule has 1 saturated carbocycles. The van der Waals surface area contributed by atoms with Gasteiger partial charge in [0.25, 0.3) is 0 Å². The molecule has 1 unspecified atom stereocenters. The number of ether oxygens (including phenoxy) is 2. The van der Waals surface area contributed by atoms with Gasteiger partial charge in [-0.3, -0.25) is 4.79 Å². The van der Waals surface area contributed by atoms with Crippen molar-refractivity contribution in [2.24, 2.45) is 23.3 Å². The van der Waals surface area contributed by atoms with Crippen LogP contribution in [0.15, 0.2) is 0 Å². The smallest absolute Gasteiger partial charge is 0.240 e. The van der Waals surface area contributed by atoms with Gasteiger partial charge in [0, 0.05) is 19.8 Å². The van der Waals surface area contributed by atoms with E-state index in [1.54, 1.807) is 0 Å². The van der Waals surface area contributed by atoms with Gasteiger partial charge >= 0.3 is 0 Å². The van der Waals surface area contributed by atoms with Gasteiger partial charge in [-0.15, -0.1) is 0 Å². The molecule has 1 saturated heterocycles. The van der Waals surface area contributed by atoms with E-state index < -0.39 is 11.4 Å². The summed E-state index contributed by atoms with van der Waals surface area (Å²) in [5.74, 6) is 0.307. The van der Waals surface area contributed by atoms with Gasteiger partial charge in [0.2, 0.25) is 5.91 Å². The minimum Gasteiger partial charge on any atom is -0.381 e. The number of hydrogen-bond acceptors (Lipinski definition) is 4. The summed E-state index contributed by atoms with van der Waals surface area (Å²) in [5, 5.41) is 0. The van der Waals surface area contributed by atoms with E-state index in [2.05, 4.69) is 0 Å². The van der Waals surface area contributed by atoms with E-state index in [1.807, 2.05) is 0 Å². The Morgan fingerprint density at radius 3 is 2.47 bits per heavy atom. The molecule has 17 heavy (non-hydrogen) atoms. The molecular formula is C12H22N2O3. The highest BCUT2D eigenvalue weighted by Gasteiger charge is 2.47. The molecule has 1 heterocycles. The fraction of sp³-hybridized carbons (Fsp3) is 0.917. The van der Waals surface area contributed by atoms with Gasteiger partial charge in [0.15, 0.2) is 0 Å². The maximum Gasteiger partial charge on any atom is 0.240 e. The second kappa shape index (κ2) is 5.33. The molecule has 0 spiro atoms. The molecule has 1 aliphatic carbocycles. The lowest BCUT2D eigenvalue weighted by Gasteiger charge is -2.28. The molecule has 2 rings (SSSR count). The Morgan fingerprint density at radius 1 is 1.29 bits per heavy atom. The monoisotopic (exact) mass is 242 g/mol.